The molecule has 2 fully saturated rings. The van der Waals surface area contributed by atoms with E-state index in [1.165, 1.54) is 12.0 Å². The predicted molar refractivity (Wildman–Crippen MR) is 106 cm³/mol. The summed E-state index contributed by atoms with van der Waals surface area (Å²) in [6, 6.07) is 0. The lowest BCUT2D eigenvalue weighted by molar-refractivity contribution is -0.254. The first-order chi connectivity index (χ1) is 14.0. The minimum atomic E-state index is -1.09. The number of allylic oxidation sites excluding steroid dienone is 2. The molecule has 0 N–H and O–H groups in total. The molecule has 0 aromatic carbocycles. The first-order valence-electron chi connectivity index (χ1n) is 10.9. The van der Waals surface area contributed by atoms with Gasteiger partial charge in [0, 0.05) is 18.1 Å². The number of Topliss-reactive ketones (excluding diaryl/α,β-unsaturated/α-hetero) is 1. The van der Waals surface area contributed by atoms with E-state index >= 15 is 0 Å². The highest BCUT2D eigenvalue weighted by Gasteiger charge is 2.46. The van der Waals surface area contributed by atoms with E-state index in [0.717, 1.165) is 38.7 Å². The van der Waals surface area contributed by atoms with Crippen molar-refractivity contribution in [1.29, 1.82) is 0 Å². The van der Waals surface area contributed by atoms with E-state index in [9.17, 15) is 14.4 Å². The van der Waals surface area contributed by atoms with Crippen LogP contribution in [-0.4, -0.2) is 30.4 Å². The SMILES string of the molecule is C/C=C(/C)C(=O)OOC(=O)C(=O)C(CCC)C1CC=C2C1CCCC1CCOC21. The Morgan fingerprint density at radius 2 is 1.97 bits per heavy atom. The second kappa shape index (κ2) is 9.70. The van der Waals surface area contributed by atoms with Crippen molar-refractivity contribution in [3.63, 3.8) is 0 Å². The highest BCUT2D eigenvalue weighted by molar-refractivity contribution is 6.34. The van der Waals surface area contributed by atoms with Crippen LogP contribution in [-0.2, 0) is 28.9 Å². The van der Waals surface area contributed by atoms with Gasteiger partial charge in [0.05, 0.1) is 6.10 Å². The molecule has 1 saturated heterocycles. The lowest BCUT2D eigenvalue weighted by atomic mass is 9.75. The van der Waals surface area contributed by atoms with Gasteiger partial charge in [0.25, 0.3) is 0 Å². The number of ether oxygens (including phenoxy) is 1. The van der Waals surface area contributed by atoms with E-state index in [1.54, 1.807) is 19.9 Å². The molecule has 1 aliphatic heterocycles. The third kappa shape index (κ3) is 4.63. The smallest absolute Gasteiger partial charge is 0.374 e. The van der Waals surface area contributed by atoms with E-state index in [0.29, 0.717) is 17.9 Å². The van der Waals surface area contributed by atoms with Crippen LogP contribution in [0.3, 0.4) is 0 Å². The third-order valence-corrected chi connectivity index (χ3v) is 6.81. The van der Waals surface area contributed by atoms with Gasteiger partial charge in [0.2, 0.25) is 5.78 Å². The maximum Gasteiger partial charge on any atom is 0.421 e. The normalized spacial score (nSPS) is 29.9. The van der Waals surface area contributed by atoms with Gasteiger partial charge in [-0.1, -0.05) is 31.9 Å². The Morgan fingerprint density at radius 1 is 1.21 bits per heavy atom. The van der Waals surface area contributed by atoms with Crippen molar-refractivity contribution in [3.8, 4) is 0 Å². The van der Waals surface area contributed by atoms with E-state index < -0.39 is 23.6 Å². The molecule has 1 heterocycles. The average molecular weight is 405 g/mol. The Labute approximate surface area is 172 Å². The van der Waals surface area contributed by atoms with Crippen molar-refractivity contribution < 1.29 is 28.9 Å². The van der Waals surface area contributed by atoms with Crippen molar-refractivity contribution in [2.75, 3.05) is 6.61 Å². The van der Waals surface area contributed by atoms with Crippen molar-refractivity contribution in [2.45, 2.75) is 71.8 Å². The fourth-order valence-electron chi connectivity index (χ4n) is 5.19. The molecule has 3 aliphatic rings. The van der Waals surface area contributed by atoms with Crippen LogP contribution in [0.1, 0.15) is 65.7 Å². The molecule has 0 amide bonds. The van der Waals surface area contributed by atoms with E-state index in [1.807, 2.05) is 6.92 Å². The van der Waals surface area contributed by atoms with Crippen LogP contribution >= 0.6 is 0 Å². The summed E-state index contributed by atoms with van der Waals surface area (Å²) in [4.78, 5) is 46.1. The van der Waals surface area contributed by atoms with Gasteiger partial charge < -0.3 is 4.74 Å². The lowest BCUT2D eigenvalue weighted by Gasteiger charge is -2.29. The average Bonchev–Trinajstić information content (AvgIpc) is 3.32. The molecule has 0 aromatic heterocycles. The monoisotopic (exact) mass is 404 g/mol. The topological polar surface area (TPSA) is 78.9 Å². The van der Waals surface area contributed by atoms with Gasteiger partial charge in [-0.05, 0) is 69.3 Å². The molecule has 6 nitrogen and oxygen atoms in total. The van der Waals surface area contributed by atoms with Gasteiger partial charge in [-0.3, -0.25) is 4.79 Å². The highest BCUT2D eigenvalue weighted by Crippen LogP contribution is 2.49. The maximum atomic E-state index is 12.9. The van der Waals surface area contributed by atoms with Crippen molar-refractivity contribution in [2.24, 2.45) is 23.7 Å². The molecule has 0 spiro atoms. The maximum absolute atomic E-state index is 12.9. The van der Waals surface area contributed by atoms with Crippen LogP contribution in [0.5, 0.6) is 0 Å². The molecule has 0 aromatic rings. The number of carbonyl (C=O) groups excluding carboxylic acids is 3. The number of fused-ring (bicyclic) bond motifs is 3. The summed E-state index contributed by atoms with van der Waals surface area (Å²) < 4.78 is 6.04. The van der Waals surface area contributed by atoms with Crippen LogP contribution in [0, 0.1) is 23.7 Å². The molecule has 160 valence electrons. The van der Waals surface area contributed by atoms with Crippen molar-refractivity contribution in [1.82, 2.24) is 0 Å². The quantitative estimate of drug-likeness (QED) is 0.218. The number of carbonyl (C=O) groups is 3. The zero-order chi connectivity index (χ0) is 21.0. The standard InChI is InChI=1S/C23H32O6/c1-4-7-18(20(24)23(26)29-28-22(25)14(3)5-2)17-10-11-19-16(17)9-6-8-15-12-13-27-21(15)19/h5,11,15-18,21H,4,6-10,12-13H2,1-3H3/b14-5-. The molecule has 3 rings (SSSR count). The summed E-state index contributed by atoms with van der Waals surface area (Å²) in [7, 11) is 0. The van der Waals surface area contributed by atoms with Gasteiger partial charge in [0.15, 0.2) is 0 Å². The first kappa shape index (κ1) is 21.8. The molecular formula is C23H32O6. The second-order valence-corrected chi connectivity index (χ2v) is 8.45. The van der Waals surface area contributed by atoms with Gasteiger partial charge in [-0.15, -0.1) is 0 Å². The first-order valence-corrected chi connectivity index (χ1v) is 10.9. The summed E-state index contributed by atoms with van der Waals surface area (Å²) in [5.41, 5.74) is 1.65. The Balaban J connectivity index is 1.68. The Bertz CT molecular complexity index is 706. The van der Waals surface area contributed by atoms with Crippen LogP contribution in [0.4, 0.5) is 0 Å². The molecule has 2 aliphatic carbocycles. The zero-order valence-electron chi connectivity index (χ0n) is 17.6. The molecule has 5 unspecified atom stereocenters. The van der Waals surface area contributed by atoms with Gasteiger partial charge >= 0.3 is 11.9 Å². The Morgan fingerprint density at radius 3 is 2.69 bits per heavy atom. The minimum absolute atomic E-state index is 0.0842. The predicted octanol–water partition coefficient (Wildman–Crippen LogP) is 4.09. The van der Waals surface area contributed by atoms with Crippen molar-refractivity contribution >= 4 is 17.7 Å². The number of hydrogen-bond acceptors (Lipinski definition) is 6. The molecule has 29 heavy (non-hydrogen) atoms. The number of rotatable bonds is 6. The van der Waals surface area contributed by atoms with E-state index in [2.05, 4.69) is 15.9 Å². The molecule has 5 atom stereocenters. The molecule has 1 saturated carbocycles. The lowest BCUT2D eigenvalue weighted by Crippen LogP contribution is -2.35. The summed E-state index contributed by atoms with van der Waals surface area (Å²) in [5.74, 6) is -1.91. The molecular weight excluding hydrogens is 372 g/mol. The molecule has 0 radical (unpaired) electrons. The van der Waals surface area contributed by atoms with Crippen molar-refractivity contribution in [3.05, 3.63) is 23.3 Å². The number of ketones is 1. The van der Waals surface area contributed by atoms with Crippen LogP contribution in [0.25, 0.3) is 0 Å². The van der Waals surface area contributed by atoms with Crippen LogP contribution in [0.15, 0.2) is 23.3 Å². The highest BCUT2D eigenvalue weighted by atomic mass is 17.2. The van der Waals surface area contributed by atoms with Gasteiger partial charge in [-0.25, -0.2) is 19.4 Å². The Kier molecular flexibility index (Phi) is 7.28. The fourth-order valence-corrected chi connectivity index (χ4v) is 5.19. The fraction of sp³-hybridized carbons (Fsp3) is 0.696. The zero-order valence-corrected chi connectivity index (χ0v) is 17.6. The molecule has 6 heteroatoms. The summed E-state index contributed by atoms with van der Waals surface area (Å²) in [6.07, 6.45) is 10.6. The minimum Gasteiger partial charge on any atom is -0.374 e. The van der Waals surface area contributed by atoms with E-state index in [-0.39, 0.29) is 17.9 Å². The van der Waals surface area contributed by atoms with Gasteiger partial charge in [-0.2, -0.15) is 0 Å². The van der Waals surface area contributed by atoms with Crippen LogP contribution in [0.2, 0.25) is 0 Å². The van der Waals surface area contributed by atoms with Crippen LogP contribution < -0.4 is 0 Å². The Hall–Kier alpha value is -1.95. The molecule has 0 bridgehead atoms. The largest absolute Gasteiger partial charge is 0.421 e. The summed E-state index contributed by atoms with van der Waals surface area (Å²) >= 11 is 0. The van der Waals surface area contributed by atoms with Gasteiger partial charge in [0.1, 0.15) is 0 Å². The number of hydrogen-bond donors (Lipinski definition) is 0. The van der Waals surface area contributed by atoms with E-state index in [4.69, 9.17) is 4.74 Å². The summed E-state index contributed by atoms with van der Waals surface area (Å²) in [5, 5.41) is 0. The third-order valence-electron chi connectivity index (χ3n) is 6.81. The second-order valence-electron chi connectivity index (χ2n) is 8.45. The summed E-state index contributed by atoms with van der Waals surface area (Å²) in [6.45, 7) is 6.04.